The van der Waals surface area contributed by atoms with E-state index in [-0.39, 0.29) is 34.4 Å². The number of aromatic amines is 1. The van der Waals surface area contributed by atoms with Crippen molar-refractivity contribution in [3.8, 4) is 23.0 Å². The SMILES string of the molecule is O=C(N/N=C/c1ccc(O)c(O)c1)c1nc[nH]c1C(=O)N/N=C/c1ccc(O)c(O)c1. The average Bonchev–Trinajstić information content (AvgIpc) is 3.23. The molecular weight excluding hydrogens is 408 g/mol. The minimum Gasteiger partial charge on any atom is -0.504 e. The minimum absolute atomic E-state index is 0.166. The number of hydrogen-bond donors (Lipinski definition) is 7. The van der Waals surface area contributed by atoms with Gasteiger partial charge in [-0.1, -0.05) is 0 Å². The summed E-state index contributed by atoms with van der Waals surface area (Å²) >= 11 is 0. The standard InChI is InChI=1S/C19H16N6O6/c26-12-3-1-10(5-14(12)28)7-22-24-18(30)16-17(21-9-20-16)19(31)25-23-8-11-2-4-13(27)15(29)6-11/h1-9,26-29H,(H,20,21)(H,24,30)(H,25,31)/b22-7+,23-8+. The van der Waals surface area contributed by atoms with Crippen molar-refractivity contribution in [2.75, 3.05) is 0 Å². The normalized spacial score (nSPS) is 11.1. The molecule has 0 bridgehead atoms. The molecule has 0 fully saturated rings. The van der Waals surface area contributed by atoms with E-state index in [1.54, 1.807) is 0 Å². The molecule has 7 N–H and O–H groups in total. The zero-order valence-corrected chi connectivity index (χ0v) is 15.6. The fourth-order valence-corrected chi connectivity index (χ4v) is 2.32. The second-order valence-corrected chi connectivity index (χ2v) is 6.02. The summed E-state index contributed by atoms with van der Waals surface area (Å²) in [6, 6.07) is 7.93. The van der Waals surface area contributed by atoms with Crippen molar-refractivity contribution in [2.24, 2.45) is 10.2 Å². The van der Waals surface area contributed by atoms with Gasteiger partial charge in [-0.3, -0.25) is 9.59 Å². The van der Waals surface area contributed by atoms with E-state index in [1.165, 1.54) is 48.8 Å². The number of imidazole rings is 1. The number of benzene rings is 2. The van der Waals surface area contributed by atoms with Gasteiger partial charge in [0.2, 0.25) is 0 Å². The number of nitrogens with zero attached hydrogens (tertiary/aromatic N) is 3. The molecule has 1 aromatic heterocycles. The molecule has 3 rings (SSSR count). The number of nitrogens with one attached hydrogen (secondary N) is 3. The first-order valence-corrected chi connectivity index (χ1v) is 8.59. The van der Waals surface area contributed by atoms with Gasteiger partial charge in [0.15, 0.2) is 28.7 Å². The molecular formula is C19H16N6O6. The molecule has 0 saturated heterocycles. The summed E-state index contributed by atoms with van der Waals surface area (Å²) in [6.45, 7) is 0. The maximum atomic E-state index is 12.3. The third-order valence-corrected chi connectivity index (χ3v) is 3.84. The number of hydrazone groups is 2. The Morgan fingerprint density at radius 2 is 1.32 bits per heavy atom. The Kier molecular flexibility index (Phi) is 6.11. The smallest absolute Gasteiger partial charge is 0.292 e. The highest BCUT2D eigenvalue weighted by Gasteiger charge is 2.19. The third-order valence-electron chi connectivity index (χ3n) is 3.84. The Hall–Kier alpha value is -4.87. The molecule has 2 amide bonds. The van der Waals surface area contributed by atoms with Crippen molar-refractivity contribution < 1.29 is 30.0 Å². The summed E-state index contributed by atoms with van der Waals surface area (Å²) < 4.78 is 0. The molecule has 12 nitrogen and oxygen atoms in total. The number of carbonyl (C=O) groups is 2. The van der Waals surface area contributed by atoms with Gasteiger partial charge < -0.3 is 25.4 Å². The van der Waals surface area contributed by atoms with Crippen molar-refractivity contribution in [1.29, 1.82) is 0 Å². The van der Waals surface area contributed by atoms with Crippen LogP contribution >= 0.6 is 0 Å². The Morgan fingerprint density at radius 1 is 0.806 bits per heavy atom. The molecule has 1 heterocycles. The van der Waals surface area contributed by atoms with Crippen molar-refractivity contribution in [2.45, 2.75) is 0 Å². The highest BCUT2D eigenvalue weighted by molar-refractivity contribution is 6.05. The molecule has 2 aromatic carbocycles. The van der Waals surface area contributed by atoms with Crippen LogP contribution in [0.5, 0.6) is 23.0 Å². The fourth-order valence-electron chi connectivity index (χ4n) is 2.32. The van der Waals surface area contributed by atoms with Gasteiger partial charge in [-0.25, -0.2) is 15.8 Å². The van der Waals surface area contributed by atoms with E-state index in [9.17, 15) is 30.0 Å². The second kappa shape index (κ2) is 9.09. The summed E-state index contributed by atoms with van der Waals surface area (Å²) in [5.41, 5.74) is 4.81. The zero-order valence-electron chi connectivity index (χ0n) is 15.6. The quantitative estimate of drug-likeness (QED) is 0.172. The van der Waals surface area contributed by atoms with Crippen LogP contribution in [0.3, 0.4) is 0 Å². The van der Waals surface area contributed by atoms with Crippen LogP contribution < -0.4 is 10.9 Å². The van der Waals surface area contributed by atoms with Crippen LogP contribution in [0, 0.1) is 0 Å². The maximum absolute atomic E-state index is 12.3. The lowest BCUT2D eigenvalue weighted by molar-refractivity contribution is 0.0915. The Labute approximate surface area is 174 Å². The summed E-state index contributed by atoms with van der Waals surface area (Å²) in [5, 5.41) is 44.8. The second-order valence-electron chi connectivity index (χ2n) is 6.02. The summed E-state index contributed by atoms with van der Waals surface area (Å²) in [5.74, 6) is -2.81. The number of hydrogen-bond acceptors (Lipinski definition) is 9. The van der Waals surface area contributed by atoms with Gasteiger partial charge in [0, 0.05) is 0 Å². The first-order valence-electron chi connectivity index (χ1n) is 8.59. The molecule has 3 aromatic rings. The Morgan fingerprint density at radius 3 is 1.84 bits per heavy atom. The fraction of sp³-hybridized carbons (Fsp3) is 0. The van der Waals surface area contributed by atoms with Crippen molar-refractivity contribution in [3.63, 3.8) is 0 Å². The van der Waals surface area contributed by atoms with E-state index in [0.29, 0.717) is 11.1 Å². The highest BCUT2D eigenvalue weighted by atomic mass is 16.3. The number of phenols is 4. The molecule has 158 valence electrons. The summed E-state index contributed by atoms with van der Waals surface area (Å²) in [7, 11) is 0. The molecule has 0 radical (unpaired) electrons. The van der Waals surface area contributed by atoms with Crippen LogP contribution in [-0.2, 0) is 0 Å². The lowest BCUT2D eigenvalue weighted by Crippen LogP contribution is -2.25. The van der Waals surface area contributed by atoms with Crippen molar-refractivity contribution in [3.05, 3.63) is 65.2 Å². The monoisotopic (exact) mass is 424 g/mol. The zero-order chi connectivity index (χ0) is 22.4. The average molecular weight is 424 g/mol. The van der Waals surface area contributed by atoms with E-state index < -0.39 is 11.8 Å². The molecule has 0 spiro atoms. The van der Waals surface area contributed by atoms with E-state index >= 15 is 0 Å². The molecule has 0 aliphatic carbocycles. The van der Waals surface area contributed by atoms with Gasteiger partial charge in [-0.15, -0.1) is 0 Å². The summed E-state index contributed by atoms with van der Waals surface area (Å²) in [4.78, 5) is 30.8. The number of phenolic OH excluding ortho intramolecular Hbond substituents is 4. The van der Waals surface area contributed by atoms with Crippen LogP contribution in [0.15, 0.2) is 52.9 Å². The van der Waals surface area contributed by atoms with Gasteiger partial charge in [-0.2, -0.15) is 10.2 Å². The van der Waals surface area contributed by atoms with Crippen LogP contribution in [-0.4, -0.2) is 54.6 Å². The predicted molar refractivity (Wildman–Crippen MR) is 108 cm³/mol. The van der Waals surface area contributed by atoms with E-state index in [4.69, 9.17) is 0 Å². The van der Waals surface area contributed by atoms with Gasteiger partial charge in [0.25, 0.3) is 11.8 Å². The predicted octanol–water partition coefficient (Wildman–Crippen LogP) is 0.760. The Bertz CT molecular complexity index is 1100. The maximum Gasteiger partial charge on any atom is 0.292 e. The number of aromatic hydroxyl groups is 4. The van der Waals surface area contributed by atoms with Gasteiger partial charge in [-0.05, 0) is 47.5 Å². The first kappa shape index (κ1) is 20.9. The number of carbonyl (C=O) groups excluding carboxylic acids is 2. The lowest BCUT2D eigenvalue weighted by Gasteiger charge is -2.02. The van der Waals surface area contributed by atoms with Crippen LogP contribution in [0.1, 0.15) is 32.1 Å². The van der Waals surface area contributed by atoms with E-state index in [2.05, 4.69) is 31.0 Å². The number of rotatable bonds is 6. The number of H-pyrrole nitrogens is 1. The van der Waals surface area contributed by atoms with E-state index in [1.807, 2.05) is 0 Å². The molecule has 0 saturated carbocycles. The molecule has 12 heteroatoms. The highest BCUT2D eigenvalue weighted by Crippen LogP contribution is 2.24. The van der Waals surface area contributed by atoms with E-state index in [0.717, 1.165) is 6.33 Å². The number of aromatic nitrogens is 2. The molecule has 0 unspecified atom stereocenters. The van der Waals surface area contributed by atoms with Crippen LogP contribution in [0.25, 0.3) is 0 Å². The first-order chi connectivity index (χ1) is 14.8. The third kappa shape index (κ3) is 5.14. The van der Waals surface area contributed by atoms with Crippen molar-refractivity contribution in [1.82, 2.24) is 20.8 Å². The van der Waals surface area contributed by atoms with Gasteiger partial charge in [0.1, 0.15) is 5.69 Å². The Balaban J connectivity index is 1.62. The largest absolute Gasteiger partial charge is 0.504 e. The molecule has 0 aliphatic heterocycles. The van der Waals surface area contributed by atoms with Gasteiger partial charge >= 0.3 is 0 Å². The van der Waals surface area contributed by atoms with Gasteiger partial charge in [0.05, 0.1) is 18.8 Å². The minimum atomic E-state index is -0.780. The topological polar surface area (TPSA) is 193 Å². The molecule has 31 heavy (non-hydrogen) atoms. The van der Waals surface area contributed by atoms with Crippen LogP contribution in [0.2, 0.25) is 0 Å². The summed E-state index contributed by atoms with van der Waals surface area (Å²) in [6.07, 6.45) is 3.60. The molecule has 0 aliphatic rings. The van der Waals surface area contributed by atoms with Crippen molar-refractivity contribution >= 4 is 24.2 Å². The number of amides is 2. The van der Waals surface area contributed by atoms with Crippen LogP contribution in [0.4, 0.5) is 0 Å². The lowest BCUT2D eigenvalue weighted by atomic mass is 10.2. The molecule has 0 atom stereocenters.